The zero-order valence-corrected chi connectivity index (χ0v) is 12.8. The summed E-state index contributed by atoms with van der Waals surface area (Å²) < 4.78 is 38.6. The van der Waals surface area contributed by atoms with Crippen LogP contribution in [-0.2, 0) is 11.0 Å². The van der Waals surface area contributed by atoms with E-state index in [0.29, 0.717) is 4.57 Å². The van der Waals surface area contributed by atoms with E-state index >= 15 is 0 Å². The maximum atomic E-state index is 12.8. The summed E-state index contributed by atoms with van der Waals surface area (Å²) in [4.78, 5) is 28.5. The number of aromatic nitrogens is 2. The third-order valence-electron chi connectivity index (χ3n) is 2.96. The Hall–Kier alpha value is -2.75. The maximum Gasteiger partial charge on any atom is 0.433 e. The molecule has 0 aliphatic rings. The molecule has 2 N–H and O–H groups in total. The Morgan fingerprint density at radius 2 is 1.96 bits per heavy atom. The van der Waals surface area contributed by atoms with Gasteiger partial charge in [-0.3, -0.25) is 4.79 Å². The minimum atomic E-state index is -4.94. The number of nitrogens with two attached hydrogens (primary N) is 1. The molecule has 24 heavy (non-hydrogen) atoms. The van der Waals surface area contributed by atoms with Crippen molar-refractivity contribution in [3.8, 4) is 5.69 Å². The highest BCUT2D eigenvalue weighted by atomic mass is 35.5. The van der Waals surface area contributed by atoms with E-state index in [2.05, 4.69) is 9.99 Å². The average molecular weight is 363 g/mol. The van der Waals surface area contributed by atoms with Crippen LogP contribution in [0.15, 0.2) is 39.0 Å². The van der Waals surface area contributed by atoms with Crippen LogP contribution in [0.3, 0.4) is 0 Å². The van der Waals surface area contributed by atoms with Crippen molar-refractivity contribution in [3.63, 3.8) is 0 Å². The summed E-state index contributed by atoms with van der Waals surface area (Å²) in [6.07, 6.45) is -3.73. The van der Waals surface area contributed by atoms with Crippen LogP contribution in [-0.4, -0.2) is 22.6 Å². The van der Waals surface area contributed by atoms with Crippen LogP contribution in [0.25, 0.3) is 5.69 Å². The van der Waals surface area contributed by atoms with Crippen molar-refractivity contribution in [2.75, 3.05) is 13.0 Å². The molecule has 1 heterocycles. The van der Waals surface area contributed by atoms with Crippen molar-refractivity contribution in [1.29, 1.82) is 0 Å². The Morgan fingerprint density at radius 3 is 2.54 bits per heavy atom. The zero-order valence-electron chi connectivity index (χ0n) is 12.0. The van der Waals surface area contributed by atoms with E-state index in [0.717, 1.165) is 0 Å². The van der Waals surface area contributed by atoms with E-state index in [4.69, 9.17) is 17.4 Å². The summed E-state index contributed by atoms with van der Waals surface area (Å²) in [5.74, 6) is 5.18. The van der Waals surface area contributed by atoms with Crippen LogP contribution in [0.4, 0.5) is 13.2 Å². The van der Waals surface area contributed by atoms with E-state index in [1.54, 1.807) is 0 Å². The molecule has 1 aromatic carbocycles. The summed E-state index contributed by atoms with van der Waals surface area (Å²) >= 11 is 5.92. The molecule has 0 spiro atoms. The number of hydrogen-bond donors (Lipinski definition) is 1. The summed E-state index contributed by atoms with van der Waals surface area (Å²) in [7, 11) is 1.29. The Kier molecular flexibility index (Phi) is 4.69. The van der Waals surface area contributed by atoms with Crippen LogP contribution >= 0.6 is 11.6 Å². The molecule has 0 saturated carbocycles. The normalized spacial score (nSPS) is 11.9. The van der Waals surface area contributed by atoms with Gasteiger partial charge in [0.25, 0.3) is 5.56 Å². The van der Waals surface area contributed by atoms with Crippen molar-refractivity contribution in [2.45, 2.75) is 6.18 Å². The van der Waals surface area contributed by atoms with E-state index in [9.17, 15) is 22.8 Å². The first-order valence-electron chi connectivity index (χ1n) is 6.24. The second kappa shape index (κ2) is 6.40. The molecule has 1 aromatic heterocycles. The van der Waals surface area contributed by atoms with E-state index in [1.807, 2.05) is 0 Å². The van der Waals surface area contributed by atoms with Gasteiger partial charge in [0.2, 0.25) is 0 Å². The van der Waals surface area contributed by atoms with Crippen LogP contribution in [0.5, 0.6) is 0 Å². The van der Waals surface area contributed by atoms with Gasteiger partial charge >= 0.3 is 11.9 Å². The van der Waals surface area contributed by atoms with Gasteiger partial charge in [0.15, 0.2) is 5.69 Å². The highest BCUT2D eigenvalue weighted by molar-refractivity contribution is 6.33. The van der Waals surface area contributed by atoms with Gasteiger partial charge in [0, 0.05) is 16.7 Å². The first-order chi connectivity index (χ1) is 11.2. The molecule has 128 valence electrons. The molecule has 0 fully saturated rings. The molecule has 0 amide bonds. The van der Waals surface area contributed by atoms with Crippen molar-refractivity contribution >= 4 is 17.8 Å². The molecule has 0 bridgehead atoms. The molecule has 7 nitrogen and oxygen atoms in total. The zero-order chi connectivity index (χ0) is 18.1. The van der Waals surface area contributed by atoms with Crippen LogP contribution in [0.1, 0.15) is 11.3 Å². The fraction of sp³-hybridized carbons (Fsp3) is 0.154. The molecule has 0 atom stereocenters. The summed E-state index contributed by atoms with van der Waals surface area (Å²) in [6.45, 7) is 0. The first-order valence-corrected chi connectivity index (χ1v) is 6.62. The largest absolute Gasteiger partial charge is 0.433 e. The fourth-order valence-electron chi connectivity index (χ4n) is 1.89. The number of nitrogens with zero attached hydrogens (tertiary/aromatic N) is 3. The molecular formula is C13H10ClF3N4O3. The topological polar surface area (TPSA) is 91.6 Å². The van der Waals surface area contributed by atoms with Crippen LogP contribution in [0.2, 0.25) is 5.02 Å². The quantitative estimate of drug-likeness (QED) is 0.507. The predicted octanol–water partition coefficient (Wildman–Crippen LogP) is 1.37. The highest BCUT2D eigenvalue weighted by Crippen LogP contribution is 2.26. The third-order valence-corrected chi connectivity index (χ3v) is 3.31. The van der Waals surface area contributed by atoms with Crippen molar-refractivity contribution < 1.29 is 18.0 Å². The lowest BCUT2D eigenvalue weighted by Gasteiger charge is -2.13. The second-order valence-corrected chi connectivity index (χ2v) is 4.88. The Bertz CT molecular complexity index is 918. The molecule has 0 radical (unpaired) electrons. The summed E-state index contributed by atoms with van der Waals surface area (Å²) in [5, 5.41) is 3.72. The summed E-state index contributed by atoms with van der Waals surface area (Å²) in [6, 6.07) is 4.14. The fourth-order valence-corrected chi connectivity index (χ4v) is 2.06. The smallest absolute Gasteiger partial charge is 0.399 e. The molecule has 0 aliphatic carbocycles. The third kappa shape index (κ3) is 3.27. The lowest BCUT2D eigenvalue weighted by Crippen LogP contribution is -2.45. The molecule has 2 aromatic rings. The number of oxime groups is 1. The minimum absolute atomic E-state index is 0.0279. The SMILES string of the molecule is CO/N=C/c1cc(-n2c(=O)cc(C(F)(F)F)n(N)c2=O)ccc1Cl. The highest BCUT2D eigenvalue weighted by Gasteiger charge is 2.35. The van der Waals surface area contributed by atoms with Crippen LogP contribution < -0.4 is 17.1 Å². The van der Waals surface area contributed by atoms with Gasteiger partial charge in [-0.25, -0.2) is 14.0 Å². The Morgan fingerprint density at radius 1 is 1.29 bits per heavy atom. The summed E-state index contributed by atoms with van der Waals surface area (Å²) in [5.41, 5.74) is -3.84. The van der Waals surface area contributed by atoms with Crippen molar-refractivity contribution in [2.24, 2.45) is 5.16 Å². The van der Waals surface area contributed by atoms with Gasteiger partial charge in [-0.15, -0.1) is 0 Å². The Labute approximate surface area is 137 Å². The first kappa shape index (κ1) is 17.6. The minimum Gasteiger partial charge on any atom is -0.399 e. The van der Waals surface area contributed by atoms with Gasteiger partial charge < -0.3 is 10.7 Å². The number of rotatable bonds is 3. The van der Waals surface area contributed by atoms with E-state index < -0.39 is 23.1 Å². The molecule has 0 saturated heterocycles. The maximum absolute atomic E-state index is 12.8. The number of nitrogen functional groups attached to an aromatic ring is 1. The molecule has 0 unspecified atom stereocenters. The number of alkyl halides is 3. The monoisotopic (exact) mass is 362 g/mol. The van der Waals surface area contributed by atoms with Crippen LogP contribution in [0, 0.1) is 0 Å². The van der Waals surface area contributed by atoms with Gasteiger partial charge in [-0.1, -0.05) is 16.8 Å². The van der Waals surface area contributed by atoms with Gasteiger partial charge in [0.1, 0.15) is 7.11 Å². The number of halogens is 4. The van der Waals surface area contributed by atoms with Gasteiger partial charge in [-0.2, -0.15) is 13.2 Å². The lowest BCUT2D eigenvalue weighted by atomic mass is 10.2. The number of benzene rings is 1. The molecule has 11 heteroatoms. The molecule has 0 aliphatic heterocycles. The van der Waals surface area contributed by atoms with E-state index in [1.165, 1.54) is 31.5 Å². The Balaban J connectivity index is 2.71. The van der Waals surface area contributed by atoms with Crippen molar-refractivity contribution in [3.05, 3.63) is 61.4 Å². The average Bonchev–Trinajstić information content (AvgIpc) is 2.50. The van der Waals surface area contributed by atoms with Crippen molar-refractivity contribution in [1.82, 2.24) is 9.24 Å². The van der Waals surface area contributed by atoms with Gasteiger partial charge in [-0.05, 0) is 18.2 Å². The number of hydrogen-bond acceptors (Lipinski definition) is 5. The standard InChI is InChI=1S/C13H10ClF3N4O3/c1-24-19-6-7-4-8(2-3-9(7)14)20-11(22)5-10(13(15,16)17)21(18)12(20)23/h2-6H,18H2,1H3/b19-6+. The van der Waals surface area contributed by atoms with Gasteiger partial charge in [0.05, 0.1) is 11.9 Å². The second-order valence-electron chi connectivity index (χ2n) is 4.48. The molecule has 2 rings (SSSR count). The predicted molar refractivity (Wildman–Crippen MR) is 81.1 cm³/mol. The van der Waals surface area contributed by atoms with E-state index in [-0.39, 0.29) is 27.0 Å². The lowest BCUT2D eigenvalue weighted by molar-refractivity contribution is -0.143. The molecular weight excluding hydrogens is 353 g/mol.